The third kappa shape index (κ3) is 5.25. The van der Waals surface area contributed by atoms with Gasteiger partial charge in [-0.25, -0.2) is 4.98 Å². The smallest absolute Gasteiger partial charge is 0.253 e. The molecule has 6 heteroatoms. The molecule has 0 aliphatic carbocycles. The van der Waals surface area contributed by atoms with Gasteiger partial charge < -0.3 is 20.1 Å². The lowest BCUT2D eigenvalue weighted by atomic mass is 10.1. The number of ether oxygens (including phenoxy) is 2. The summed E-state index contributed by atoms with van der Waals surface area (Å²) in [6.07, 6.45) is 1.57. The third-order valence-electron chi connectivity index (χ3n) is 4.59. The number of benzene rings is 2. The summed E-state index contributed by atoms with van der Waals surface area (Å²) in [5.74, 6) is 1.90. The van der Waals surface area contributed by atoms with Crippen LogP contribution in [-0.4, -0.2) is 25.1 Å². The van der Waals surface area contributed by atoms with Gasteiger partial charge in [-0.05, 0) is 42.3 Å². The molecule has 1 amide bonds. The first kappa shape index (κ1) is 20.2. The van der Waals surface area contributed by atoms with Crippen molar-refractivity contribution in [3.8, 4) is 11.5 Å². The number of pyridine rings is 1. The van der Waals surface area contributed by atoms with E-state index in [4.69, 9.17) is 9.47 Å². The van der Waals surface area contributed by atoms with E-state index < -0.39 is 0 Å². The molecular weight excluding hydrogens is 366 g/mol. The Labute approximate surface area is 170 Å². The molecule has 29 heavy (non-hydrogen) atoms. The molecule has 2 N–H and O–H groups in total. The van der Waals surface area contributed by atoms with Crippen LogP contribution in [0.25, 0.3) is 0 Å². The largest absolute Gasteiger partial charge is 0.493 e. The summed E-state index contributed by atoms with van der Waals surface area (Å²) in [7, 11) is 3.22. The van der Waals surface area contributed by atoms with Crippen LogP contribution in [0.2, 0.25) is 0 Å². The Balaban J connectivity index is 1.58. The molecule has 3 rings (SSSR count). The lowest BCUT2D eigenvalue weighted by molar-refractivity contribution is 0.0939. The molecule has 6 nitrogen and oxygen atoms in total. The minimum Gasteiger partial charge on any atom is -0.493 e. The topological polar surface area (TPSA) is 72.5 Å². The Morgan fingerprint density at radius 2 is 1.76 bits per heavy atom. The van der Waals surface area contributed by atoms with Crippen molar-refractivity contribution in [1.29, 1.82) is 0 Å². The van der Waals surface area contributed by atoms with Gasteiger partial charge in [0.1, 0.15) is 5.82 Å². The highest BCUT2D eigenvalue weighted by atomic mass is 16.5. The summed E-state index contributed by atoms with van der Waals surface area (Å²) < 4.78 is 10.6. The van der Waals surface area contributed by atoms with Crippen molar-refractivity contribution in [2.24, 2.45) is 0 Å². The van der Waals surface area contributed by atoms with Crippen LogP contribution in [0, 0.1) is 0 Å². The van der Waals surface area contributed by atoms with Gasteiger partial charge in [-0.1, -0.05) is 36.4 Å². The maximum absolute atomic E-state index is 12.5. The molecule has 150 valence electrons. The molecule has 0 radical (unpaired) electrons. The predicted octanol–water partition coefficient (Wildman–Crippen LogP) is 4.20. The average molecular weight is 391 g/mol. The first-order chi connectivity index (χ1) is 14.1. The molecule has 0 saturated heterocycles. The van der Waals surface area contributed by atoms with E-state index >= 15 is 0 Å². The number of methoxy groups -OCH3 is 2. The first-order valence-electron chi connectivity index (χ1n) is 9.37. The van der Waals surface area contributed by atoms with Gasteiger partial charge in [-0.3, -0.25) is 4.79 Å². The van der Waals surface area contributed by atoms with Crippen LogP contribution in [0.3, 0.4) is 0 Å². The van der Waals surface area contributed by atoms with Gasteiger partial charge in [0.25, 0.3) is 5.91 Å². The van der Waals surface area contributed by atoms with Gasteiger partial charge in [0.15, 0.2) is 11.5 Å². The summed E-state index contributed by atoms with van der Waals surface area (Å²) >= 11 is 0. The molecule has 0 aliphatic rings. The molecule has 0 fully saturated rings. The number of hydrogen-bond acceptors (Lipinski definition) is 5. The normalized spacial score (nSPS) is 11.4. The van der Waals surface area contributed by atoms with Crippen LogP contribution in [0.15, 0.2) is 66.9 Å². The number of anilines is 1. The van der Waals surface area contributed by atoms with E-state index in [1.807, 2.05) is 55.5 Å². The minimum atomic E-state index is -0.153. The number of amides is 1. The zero-order chi connectivity index (χ0) is 20.6. The Hall–Kier alpha value is -3.54. The van der Waals surface area contributed by atoms with Gasteiger partial charge in [-0.2, -0.15) is 0 Å². The molecule has 2 aromatic carbocycles. The maximum atomic E-state index is 12.5. The average Bonchev–Trinajstić information content (AvgIpc) is 2.78. The van der Waals surface area contributed by atoms with Gasteiger partial charge in [0, 0.05) is 12.7 Å². The second-order valence-corrected chi connectivity index (χ2v) is 6.58. The number of nitrogens with zero attached hydrogens (tertiary/aromatic N) is 1. The lowest BCUT2D eigenvalue weighted by Gasteiger charge is -2.14. The fourth-order valence-electron chi connectivity index (χ4n) is 2.92. The van der Waals surface area contributed by atoms with Gasteiger partial charge >= 0.3 is 0 Å². The lowest BCUT2D eigenvalue weighted by Crippen LogP contribution is -2.26. The molecule has 1 heterocycles. The monoisotopic (exact) mass is 391 g/mol. The van der Waals surface area contributed by atoms with E-state index in [0.717, 1.165) is 11.1 Å². The van der Waals surface area contributed by atoms with Crippen LogP contribution in [0.1, 0.15) is 34.5 Å². The molecule has 1 unspecified atom stereocenters. The highest BCUT2D eigenvalue weighted by molar-refractivity contribution is 5.94. The highest BCUT2D eigenvalue weighted by Crippen LogP contribution is 2.27. The summed E-state index contributed by atoms with van der Waals surface area (Å²) in [5.41, 5.74) is 2.61. The molecule has 0 saturated carbocycles. The van der Waals surface area contributed by atoms with E-state index in [0.29, 0.717) is 29.4 Å². The second-order valence-electron chi connectivity index (χ2n) is 6.58. The standard InChI is InChI=1S/C23H25N3O3/c1-16(18-7-5-4-6-8-18)26-23(27)19-10-12-22(25-15-19)24-14-17-9-11-20(28-2)21(13-17)29-3/h4-13,15-16H,14H2,1-3H3,(H,24,25)(H,26,27). The van der Waals surface area contributed by atoms with Crippen LogP contribution >= 0.6 is 0 Å². The van der Waals surface area contributed by atoms with Crippen LogP contribution in [0.5, 0.6) is 11.5 Å². The van der Waals surface area contributed by atoms with E-state index in [-0.39, 0.29) is 11.9 Å². The second kappa shape index (κ2) is 9.59. The van der Waals surface area contributed by atoms with E-state index in [2.05, 4.69) is 15.6 Å². The fourth-order valence-corrected chi connectivity index (χ4v) is 2.92. The molecule has 3 aromatic rings. The van der Waals surface area contributed by atoms with Crippen molar-refractivity contribution in [2.45, 2.75) is 19.5 Å². The van der Waals surface area contributed by atoms with Crippen LogP contribution in [0.4, 0.5) is 5.82 Å². The van der Waals surface area contributed by atoms with Crippen molar-refractivity contribution < 1.29 is 14.3 Å². The maximum Gasteiger partial charge on any atom is 0.253 e. The zero-order valence-electron chi connectivity index (χ0n) is 16.8. The Morgan fingerprint density at radius 1 is 1.00 bits per heavy atom. The Morgan fingerprint density at radius 3 is 2.41 bits per heavy atom. The summed E-state index contributed by atoms with van der Waals surface area (Å²) in [5, 5.41) is 6.23. The summed E-state index contributed by atoms with van der Waals surface area (Å²) in [4.78, 5) is 16.8. The van der Waals surface area contributed by atoms with Gasteiger partial charge in [0.05, 0.1) is 25.8 Å². The molecule has 0 aliphatic heterocycles. The summed E-state index contributed by atoms with van der Waals surface area (Å²) in [6, 6.07) is 19.1. The quantitative estimate of drug-likeness (QED) is 0.602. The number of nitrogens with one attached hydrogen (secondary N) is 2. The predicted molar refractivity (Wildman–Crippen MR) is 113 cm³/mol. The van der Waals surface area contributed by atoms with Gasteiger partial charge in [-0.15, -0.1) is 0 Å². The van der Waals surface area contributed by atoms with E-state index in [1.165, 1.54) is 0 Å². The molecule has 1 atom stereocenters. The molecular formula is C23H25N3O3. The SMILES string of the molecule is COc1ccc(CNc2ccc(C(=O)NC(C)c3ccccc3)cn2)cc1OC. The highest BCUT2D eigenvalue weighted by Gasteiger charge is 2.12. The van der Waals surface area contributed by atoms with Crippen molar-refractivity contribution in [1.82, 2.24) is 10.3 Å². The number of rotatable bonds is 8. The number of carbonyl (C=O) groups is 1. The minimum absolute atomic E-state index is 0.0773. The first-order valence-corrected chi connectivity index (χ1v) is 9.37. The zero-order valence-corrected chi connectivity index (χ0v) is 16.8. The summed E-state index contributed by atoms with van der Waals surface area (Å²) in [6.45, 7) is 2.53. The third-order valence-corrected chi connectivity index (χ3v) is 4.59. The van der Waals surface area contributed by atoms with Crippen LogP contribution in [-0.2, 0) is 6.54 Å². The van der Waals surface area contributed by atoms with Crippen molar-refractivity contribution >= 4 is 11.7 Å². The van der Waals surface area contributed by atoms with Crippen molar-refractivity contribution in [3.05, 3.63) is 83.6 Å². The number of hydrogen-bond donors (Lipinski definition) is 2. The molecule has 0 spiro atoms. The van der Waals surface area contributed by atoms with Gasteiger partial charge in [0.2, 0.25) is 0 Å². The Bertz CT molecular complexity index is 943. The number of carbonyl (C=O) groups excluding carboxylic acids is 1. The van der Waals surface area contributed by atoms with E-state index in [1.54, 1.807) is 32.5 Å². The van der Waals surface area contributed by atoms with Crippen molar-refractivity contribution in [2.75, 3.05) is 19.5 Å². The fraction of sp³-hybridized carbons (Fsp3) is 0.217. The molecule has 0 bridgehead atoms. The molecule has 1 aromatic heterocycles. The number of aromatic nitrogens is 1. The Kier molecular flexibility index (Phi) is 6.68. The van der Waals surface area contributed by atoms with E-state index in [9.17, 15) is 4.79 Å². The van der Waals surface area contributed by atoms with Crippen LogP contribution < -0.4 is 20.1 Å². The van der Waals surface area contributed by atoms with Crippen molar-refractivity contribution in [3.63, 3.8) is 0 Å².